The number of benzene rings is 1. The van der Waals surface area contributed by atoms with Gasteiger partial charge in [-0.3, -0.25) is 9.48 Å². The topological polar surface area (TPSA) is 135 Å². The molecule has 11 heteroatoms. The number of aryl methyl sites for hydroxylation is 2. The molecule has 0 radical (unpaired) electrons. The maximum absolute atomic E-state index is 13.1. The summed E-state index contributed by atoms with van der Waals surface area (Å²) in [5.41, 5.74) is 11.8. The largest absolute Gasteiger partial charge is 0.382 e. The van der Waals surface area contributed by atoms with Crippen molar-refractivity contribution in [2.75, 3.05) is 18.8 Å². The van der Waals surface area contributed by atoms with Gasteiger partial charge in [0, 0.05) is 18.0 Å². The molecule has 0 atom stereocenters. The minimum atomic E-state index is -0.348. The SMILES string of the molecule is CCn1c(CNC(=O)c2nc3cc[nH]c3nc2N)[n+](CC)c2ccc(-c3cnn(C4CCNCC4)c3)cc21. The number of aromatic amines is 1. The molecule has 1 aliphatic heterocycles. The highest BCUT2D eigenvalue weighted by Crippen LogP contribution is 2.27. The van der Waals surface area contributed by atoms with Crippen LogP contribution in [0, 0.1) is 0 Å². The third-order valence-corrected chi connectivity index (χ3v) is 7.46. The van der Waals surface area contributed by atoms with Gasteiger partial charge in [-0.25, -0.2) is 19.1 Å². The van der Waals surface area contributed by atoms with Gasteiger partial charge in [-0.15, -0.1) is 0 Å². The number of H-pyrrole nitrogens is 1. The van der Waals surface area contributed by atoms with Crippen molar-refractivity contribution in [3.8, 4) is 11.1 Å². The number of anilines is 1. The summed E-state index contributed by atoms with van der Waals surface area (Å²) in [4.78, 5) is 24.7. The molecule has 5 heterocycles. The molecule has 196 valence electrons. The average molecular weight is 514 g/mol. The van der Waals surface area contributed by atoms with Crippen LogP contribution in [0.1, 0.15) is 49.0 Å². The van der Waals surface area contributed by atoms with Gasteiger partial charge in [0.1, 0.15) is 12.1 Å². The van der Waals surface area contributed by atoms with E-state index in [9.17, 15) is 4.79 Å². The van der Waals surface area contributed by atoms with Crippen LogP contribution in [0.4, 0.5) is 5.82 Å². The minimum absolute atomic E-state index is 0.103. The van der Waals surface area contributed by atoms with Crippen LogP contribution in [0.25, 0.3) is 33.3 Å². The molecule has 6 rings (SSSR count). The first-order valence-corrected chi connectivity index (χ1v) is 13.3. The zero-order valence-corrected chi connectivity index (χ0v) is 21.7. The van der Waals surface area contributed by atoms with E-state index in [4.69, 9.17) is 5.73 Å². The van der Waals surface area contributed by atoms with Crippen LogP contribution in [0.2, 0.25) is 0 Å². The number of hydrogen-bond donors (Lipinski definition) is 4. The molecule has 1 amide bonds. The molecule has 1 aliphatic rings. The summed E-state index contributed by atoms with van der Waals surface area (Å²) < 4.78 is 6.61. The van der Waals surface area contributed by atoms with Crippen molar-refractivity contribution in [1.29, 1.82) is 0 Å². The molecule has 1 aromatic carbocycles. The predicted molar refractivity (Wildman–Crippen MR) is 145 cm³/mol. The van der Waals surface area contributed by atoms with Crippen LogP contribution in [0.15, 0.2) is 42.9 Å². The second kappa shape index (κ2) is 9.90. The number of hydrogen-bond acceptors (Lipinski definition) is 6. The third-order valence-electron chi connectivity index (χ3n) is 7.46. The van der Waals surface area contributed by atoms with E-state index in [1.54, 1.807) is 12.3 Å². The second-order valence-electron chi connectivity index (χ2n) is 9.65. The van der Waals surface area contributed by atoms with Gasteiger partial charge in [0.25, 0.3) is 11.7 Å². The maximum atomic E-state index is 13.1. The summed E-state index contributed by atoms with van der Waals surface area (Å²) in [7, 11) is 0. The van der Waals surface area contributed by atoms with Crippen molar-refractivity contribution in [3.05, 3.63) is 54.4 Å². The molecule has 0 bridgehead atoms. The van der Waals surface area contributed by atoms with E-state index in [1.165, 1.54) is 0 Å². The Morgan fingerprint density at radius 2 is 2.03 bits per heavy atom. The highest BCUT2D eigenvalue weighted by Gasteiger charge is 2.25. The van der Waals surface area contributed by atoms with E-state index < -0.39 is 0 Å². The number of nitrogens with two attached hydrogens (primary N) is 1. The molecule has 1 fully saturated rings. The van der Waals surface area contributed by atoms with Gasteiger partial charge >= 0.3 is 0 Å². The first-order chi connectivity index (χ1) is 18.6. The number of piperidine rings is 1. The number of amides is 1. The lowest BCUT2D eigenvalue weighted by atomic mass is 10.1. The van der Waals surface area contributed by atoms with Crippen molar-refractivity contribution in [2.45, 2.75) is 52.4 Å². The van der Waals surface area contributed by atoms with Gasteiger partial charge in [0.05, 0.1) is 25.3 Å². The number of nitrogens with zero attached hydrogens (tertiary/aromatic N) is 6. The van der Waals surface area contributed by atoms with Gasteiger partial charge < -0.3 is 21.4 Å². The number of rotatable bonds is 7. The zero-order chi connectivity index (χ0) is 26.2. The normalized spacial score (nSPS) is 14.5. The van der Waals surface area contributed by atoms with Crippen molar-refractivity contribution < 1.29 is 9.36 Å². The number of imidazole rings is 1. The predicted octanol–water partition coefficient (Wildman–Crippen LogP) is 2.54. The molecular weight excluding hydrogens is 480 g/mol. The fourth-order valence-corrected chi connectivity index (χ4v) is 5.52. The highest BCUT2D eigenvalue weighted by molar-refractivity contribution is 5.98. The van der Waals surface area contributed by atoms with E-state index >= 15 is 0 Å². The summed E-state index contributed by atoms with van der Waals surface area (Å²) in [6.07, 6.45) is 8.05. The van der Waals surface area contributed by atoms with Gasteiger partial charge in [-0.1, -0.05) is 0 Å². The number of nitrogens with one attached hydrogen (secondary N) is 3. The van der Waals surface area contributed by atoms with Crippen LogP contribution in [-0.2, 0) is 19.6 Å². The quantitative estimate of drug-likeness (QED) is 0.247. The monoisotopic (exact) mass is 513 g/mol. The Hall–Kier alpha value is -4.25. The molecule has 5 aromatic rings. The van der Waals surface area contributed by atoms with Gasteiger partial charge in [-0.05, 0) is 69.6 Å². The molecule has 0 spiro atoms. The van der Waals surface area contributed by atoms with Gasteiger partial charge in [0.2, 0.25) is 0 Å². The van der Waals surface area contributed by atoms with Crippen LogP contribution in [-0.4, -0.2) is 48.3 Å². The smallest absolute Gasteiger partial charge is 0.277 e. The van der Waals surface area contributed by atoms with Crippen molar-refractivity contribution in [3.63, 3.8) is 0 Å². The Bertz CT molecular complexity index is 1620. The molecule has 1 saturated heterocycles. The average Bonchev–Trinajstić information content (AvgIpc) is 3.68. The highest BCUT2D eigenvalue weighted by atomic mass is 16.1. The lowest BCUT2D eigenvalue weighted by molar-refractivity contribution is -0.676. The van der Waals surface area contributed by atoms with E-state index in [0.29, 0.717) is 23.8 Å². The molecule has 38 heavy (non-hydrogen) atoms. The Labute approximate surface area is 220 Å². The van der Waals surface area contributed by atoms with Crippen LogP contribution in [0.3, 0.4) is 0 Å². The Balaban J connectivity index is 1.30. The molecule has 11 nitrogen and oxygen atoms in total. The molecule has 4 aromatic heterocycles. The summed E-state index contributed by atoms with van der Waals surface area (Å²) in [5, 5.41) is 11.1. The summed E-state index contributed by atoms with van der Waals surface area (Å²) >= 11 is 0. The van der Waals surface area contributed by atoms with Crippen molar-refractivity contribution in [1.82, 2.24) is 39.9 Å². The van der Waals surface area contributed by atoms with Crippen LogP contribution in [0.5, 0.6) is 0 Å². The number of aromatic nitrogens is 7. The van der Waals surface area contributed by atoms with Crippen LogP contribution < -0.4 is 20.9 Å². The lowest BCUT2D eigenvalue weighted by Gasteiger charge is -2.22. The Morgan fingerprint density at radius 1 is 1.18 bits per heavy atom. The number of fused-ring (bicyclic) bond motifs is 2. The first kappa shape index (κ1) is 24.1. The standard InChI is InChI=1S/C27H32N10O/c1-3-35-21-6-5-17(18-14-32-37(16-18)19-7-10-29-11-8-19)13-22(21)36(4-2)23(35)15-31-27(38)24-25(28)34-26-20(33-24)9-12-30-26/h5-6,9,12-14,16,19,29H,3-4,7-8,10-11,15H2,1-2H3,(H3-,28,30,31,33,34,38)/p+1. The number of carbonyl (C=O) groups excluding carboxylic acids is 1. The molecular formula is C27H33N10O+. The summed E-state index contributed by atoms with van der Waals surface area (Å²) in [6.45, 7) is 8.19. The van der Waals surface area contributed by atoms with E-state index in [0.717, 1.165) is 67.0 Å². The van der Waals surface area contributed by atoms with Crippen LogP contribution >= 0.6 is 0 Å². The zero-order valence-electron chi connectivity index (χ0n) is 21.7. The fraction of sp³-hybridized carbons (Fsp3) is 0.370. The van der Waals surface area contributed by atoms with Gasteiger partial charge in [-0.2, -0.15) is 5.10 Å². The lowest BCUT2D eigenvalue weighted by Crippen LogP contribution is -2.40. The fourth-order valence-electron chi connectivity index (χ4n) is 5.52. The molecule has 0 aliphatic carbocycles. The van der Waals surface area contributed by atoms with Crippen molar-refractivity contribution >= 4 is 33.9 Å². The summed E-state index contributed by atoms with van der Waals surface area (Å²) in [6, 6.07) is 8.76. The molecule has 0 saturated carbocycles. The van der Waals surface area contributed by atoms with E-state index in [-0.39, 0.29) is 17.4 Å². The second-order valence-corrected chi connectivity index (χ2v) is 9.65. The van der Waals surface area contributed by atoms with E-state index in [2.05, 4.69) is 82.7 Å². The Kier molecular flexibility index (Phi) is 6.28. The van der Waals surface area contributed by atoms with E-state index in [1.807, 2.05) is 6.20 Å². The Morgan fingerprint density at radius 3 is 2.82 bits per heavy atom. The summed E-state index contributed by atoms with van der Waals surface area (Å²) in [5.74, 6) is 0.765. The third kappa shape index (κ3) is 4.18. The van der Waals surface area contributed by atoms with Crippen molar-refractivity contribution in [2.24, 2.45) is 0 Å². The maximum Gasteiger partial charge on any atom is 0.277 e. The molecule has 0 unspecified atom stereocenters. The number of nitrogen functional groups attached to an aromatic ring is 1. The minimum Gasteiger partial charge on any atom is -0.382 e. The van der Waals surface area contributed by atoms with Gasteiger partial charge in [0.15, 0.2) is 28.2 Å². The molecule has 5 N–H and O–H groups in total. The number of carbonyl (C=O) groups is 1. The first-order valence-electron chi connectivity index (χ1n) is 13.3.